The number of carboxylic acids is 1. The predicted octanol–water partition coefficient (Wildman–Crippen LogP) is 1.29. The highest BCUT2D eigenvalue weighted by molar-refractivity contribution is 5.87. The fourth-order valence-corrected chi connectivity index (χ4v) is 3.88. The molecule has 126 valence electrons. The second kappa shape index (κ2) is 6.70. The van der Waals surface area contributed by atoms with E-state index in [1.165, 1.54) is 42.8 Å². The van der Waals surface area contributed by atoms with E-state index < -0.39 is 5.97 Å². The molecule has 0 radical (unpaired) electrons. The zero-order chi connectivity index (χ0) is 16.3. The Morgan fingerprint density at radius 3 is 2.91 bits per heavy atom. The summed E-state index contributed by atoms with van der Waals surface area (Å²) in [7, 11) is 0. The Labute approximate surface area is 135 Å². The zero-order valence-corrected chi connectivity index (χ0v) is 13.2. The smallest absolute Gasteiger partial charge is 0.338 e. The lowest BCUT2D eigenvalue weighted by Crippen LogP contribution is -2.44. The number of nitrogens with one attached hydrogen (secondary N) is 1. The van der Waals surface area contributed by atoms with Gasteiger partial charge in [0.15, 0.2) is 0 Å². The molecule has 1 spiro atoms. The van der Waals surface area contributed by atoms with E-state index in [0.29, 0.717) is 12.5 Å². The van der Waals surface area contributed by atoms with Crippen LogP contribution in [-0.2, 0) is 16.1 Å². The number of aromatic nitrogens is 2. The monoisotopic (exact) mass is 321 g/mol. The summed E-state index contributed by atoms with van der Waals surface area (Å²) in [4.78, 5) is 22.9. The first-order valence-corrected chi connectivity index (χ1v) is 8.19. The topological polar surface area (TPSA) is 93.5 Å². The van der Waals surface area contributed by atoms with Crippen LogP contribution >= 0.6 is 0 Å². The molecule has 1 aliphatic carbocycles. The zero-order valence-electron chi connectivity index (χ0n) is 13.2. The number of carbonyl (C=O) groups is 2. The molecule has 1 unspecified atom stereocenters. The van der Waals surface area contributed by atoms with Crippen LogP contribution in [0.15, 0.2) is 12.4 Å². The standard InChI is InChI=1S/C16H23N3O4/c20-14(10-19-9-12(7-18-19)15(21)22)17-8-13-3-6-23-11-16(13)4-1-2-5-16/h7,9,13H,1-6,8,10-11H2,(H,17,20)(H,21,22). The van der Waals surface area contributed by atoms with Gasteiger partial charge in [-0.3, -0.25) is 9.48 Å². The van der Waals surface area contributed by atoms with Gasteiger partial charge in [0.25, 0.3) is 0 Å². The van der Waals surface area contributed by atoms with Gasteiger partial charge in [0.05, 0.1) is 18.4 Å². The van der Waals surface area contributed by atoms with Crippen molar-refractivity contribution in [1.82, 2.24) is 15.1 Å². The lowest BCUT2D eigenvalue weighted by atomic mass is 9.71. The molecule has 1 amide bonds. The summed E-state index contributed by atoms with van der Waals surface area (Å²) in [6.45, 7) is 2.29. The number of hydrogen-bond acceptors (Lipinski definition) is 4. The first kappa shape index (κ1) is 16.0. The van der Waals surface area contributed by atoms with Crippen LogP contribution < -0.4 is 5.32 Å². The molecule has 2 N–H and O–H groups in total. The molecule has 3 rings (SSSR count). The van der Waals surface area contributed by atoms with Crippen LogP contribution in [0, 0.1) is 11.3 Å². The molecule has 1 aromatic heterocycles. The van der Waals surface area contributed by atoms with Crippen molar-refractivity contribution in [2.45, 2.75) is 38.6 Å². The normalized spacial score (nSPS) is 23.0. The molecule has 2 aliphatic rings. The van der Waals surface area contributed by atoms with Crippen molar-refractivity contribution >= 4 is 11.9 Å². The van der Waals surface area contributed by atoms with Gasteiger partial charge in [-0.15, -0.1) is 0 Å². The summed E-state index contributed by atoms with van der Waals surface area (Å²) in [5.74, 6) is -0.707. The Hall–Kier alpha value is -1.89. The van der Waals surface area contributed by atoms with Crippen molar-refractivity contribution in [3.63, 3.8) is 0 Å². The predicted molar refractivity (Wildman–Crippen MR) is 82.0 cm³/mol. The molecule has 0 aromatic carbocycles. The van der Waals surface area contributed by atoms with E-state index in [-0.39, 0.29) is 23.4 Å². The molecule has 0 bridgehead atoms. The van der Waals surface area contributed by atoms with Gasteiger partial charge in [-0.2, -0.15) is 5.10 Å². The molecule has 7 nitrogen and oxygen atoms in total. The Morgan fingerprint density at radius 2 is 2.22 bits per heavy atom. The van der Waals surface area contributed by atoms with Crippen LogP contribution in [0.25, 0.3) is 0 Å². The van der Waals surface area contributed by atoms with E-state index in [4.69, 9.17) is 9.84 Å². The van der Waals surface area contributed by atoms with Gasteiger partial charge in [-0.1, -0.05) is 12.8 Å². The molecule has 1 atom stereocenters. The van der Waals surface area contributed by atoms with Crippen LogP contribution in [-0.4, -0.2) is 46.5 Å². The third-order valence-corrected chi connectivity index (χ3v) is 5.20. The van der Waals surface area contributed by atoms with Gasteiger partial charge in [0.2, 0.25) is 5.91 Å². The summed E-state index contributed by atoms with van der Waals surface area (Å²) >= 11 is 0. The number of carbonyl (C=O) groups excluding carboxylic acids is 1. The van der Waals surface area contributed by atoms with Gasteiger partial charge in [0.1, 0.15) is 6.54 Å². The molecule has 2 heterocycles. The van der Waals surface area contributed by atoms with Gasteiger partial charge >= 0.3 is 5.97 Å². The highest BCUT2D eigenvalue weighted by atomic mass is 16.5. The molecule has 1 aliphatic heterocycles. The first-order chi connectivity index (χ1) is 11.1. The summed E-state index contributed by atoms with van der Waals surface area (Å²) in [5.41, 5.74) is 0.334. The van der Waals surface area contributed by atoms with E-state index >= 15 is 0 Å². The summed E-state index contributed by atoms with van der Waals surface area (Å²) in [6, 6.07) is 0. The Kier molecular flexibility index (Phi) is 4.66. The lowest BCUT2D eigenvalue weighted by molar-refractivity contribution is -0.123. The number of aromatic carboxylic acids is 1. The lowest BCUT2D eigenvalue weighted by Gasteiger charge is -2.41. The molecule has 2 fully saturated rings. The number of rotatable bonds is 5. The van der Waals surface area contributed by atoms with Crippen molar-refractivity contribution in [3.8, 4) is 0 Å². The average Bonchev–Trinajstić information content (AvgIpc) is 3.17. The van der Waals surface area contributed by atoms with E-state index in [1.807, 2.05) is 0 Å². The number of ether oxygens (including phenoxy) is 1. The molecule has 1 aromatic rings. The van der Waals surface area contributed by atoms with Gasteiger partial charge in [-0.05, 0) is 30.6 Å². The summed E-state index contributed by atoms with van der Waals surface area (Å²) in [5, 5.41) is 15.7. The van der Waals surface area contributed by atoms with Crippen LogP contribution in [0.2, 0.25) is 0 Å². The van der Waals surface area contributed by atoms with Gasteiger partial charge in [0, 0.05) is 19.3 Å². The minimum absolute atomic E-state index is 0.0451. The molecule has 7 heteroatoms. The van der Waals surface area contributed by atoms with E-state index in [1.54, 1.807) is 0 Å². The largest absolute Gasteiger partial charge is 0.478 e. The first-order valence-electron chi connectivity index (χ1n) is 8.19. The summed E-state index contributed by atoms with van der Waals surface area (Å²) < 4.78 is 7.04. The maximum atomic E-state index is 12.1. The van der Waals surface area contributed by atoms with Gasteiger partial charge < -0.3 is 15.2 Å². The van der Waals surface area contributed by atoms with E-state index in [2.05, 4.69) is 10.4 Å². The summed E-state index contributed by atoms with van der Waals surface area (Å²) in [6.07, 6.45) is 8.49. The quantitative estimate of drug-likeness (QED) is 0.852. The number of hydrogen-bond donors (Lipinski definition) is 2. The fraction of sp³-hybridized carbons (Fsp3) is 0.688. The SMILES string of the molecule is O=C(Cn1cc(C(=O)O)cn1)NCC1CCOCC12CCCC2. The highest BCUT2D eigenvalue weighted by Gasteiger charge is 2.43. The van der Waals surface area contributed by atoms with Crippen LogP contribution in [0.1, 0.15) is 42.5 Å². The third kappa shape index (κ3) is 3.55. The molecular weight excluding hydrogens is 298 g/mol. The van der Waals surface area contributed by atoms with Crippen molar-refractivity contribution in [1.29, 1.82) is 0 Å². The van der Waals surface area contributed by atoms with Crippen LogP contribution in [0.4, 0.5) is 0 Å². The van der Waals surface area contributed by atoms with E-state index in [0.717, 1.165) is 19.6 Å². The van der Waals surface area contributed by atoms with Crippen molar-refractivity contribution in [2.24, 2.45) is 11.3 Å². The molecule has 23 heavy (non-hydrogen) atoms. The van der Waals surface area contributed by atoms with Crippen molar-refractivity contribution < 1.29 is 19.4 Å². The van der Waals surface area contributed by atoms with Crippen LogP contribution in [0.3, 0.4) is 0 Å². The van der Waals surface area contributed by atoms with Crippen molar-refractivity contribution in [2.75, 3.05) is 19.8 Å². The van der Waals surface area contributed by atoms with Crippen molar-refractivity contribution in [3.05, 3.63) is 18.0 Å². The molecule has 1 saturated heterocycles. The molecule has 1 saturated carbocycles. The maximum Gasteiger partial charge on any atom is 0.338 e. The Bertz CT molecular complexity index is 578. The fourth-order valence-electron chi connectivity index (χ4n) is 3.88. The highest BCUT2D eigenvalue weighted by Crippen LogP contribution is 2.47. The Morgan fingerprint density at radius 1 is 1.43 bits per heavy atom. The van der Waals surface area contributed by atoms with E-state index in [9.17, 15) is 9.59 Å². The number of amides is 1. The Balaban J connectivity index is 1.52. The minimum Gasteiger partial charge on any atom is -0.478 e. The molecular formula is C16H23N3O4. The number of nitrogens with zero attached hydrogens (tertiary/aromatic N) is 2. The maximum absolute atomic E-state index is 12.1. The third-order valence-electron chi connectivity index (χ3n) is 5.20. The number of carboxylic acid groups (broad SMARTS) is 1. The minimum atomic E-state index is -1.04. The average molecular weight is 321 g/mol. The second-order valence-electron chi connectivity index (χ2n) is 6.64. The van der Waals surface area contributed by atoms with Gasteiger partial charge in [-0.25, -0.2) is 4.79 Å². The van der Waals surface area contributed by atoms with Crippen LogP contribution in [0.5, 0.6) is 0 Å². The second-order valence-corrected chi connectivity index (χ2v) is 6.64.